The van der Waals surface area contributed by atoms with E-state index in [1.807, 2.05) is 19.2 Å². The number of nitrogens with zero attached hydrogens (tertiary/aromatic N) is 3. The molecule has 5 nitrogen and oxygen atoms in total. The Hall–Kier alpha value is -1.73. The zero-order valence-electron chi connectivity index (χ0n) is 13.0. The summed E-state index contributed by atoms with van der Waals surface area (Å²) < 4.78 is 38.8. The molecule has 3 rings (SSSR count). The Morgan fingerprint density at radius 3 is 2.87 bits per heavy atom. The maximum Gasteiger partial charge on any atom is 0.151 e. The summed E-state index contributed by atoms with van der Waals surface area (Å²) in [6, 6.07) is 6.43. The Bertz CT molecular complexity index is 775. The molecule has 0 aliphatic carbocycles. The summed E-state index contributed by atoms with van der Waals surface area (Å²) in [5, 5.41) is 4.21. The van der Waals surface area contributed by atoms with Gasteiger partial charge in [-0.15, -0.1) is 0 Å². The molecule has 0 N–H and O–H groups in total. The van der Waals surface area contributed by atoms with Crippen molar-refractivity contribution in [3.05, 3.63) is 48.0 Å². The molecule has 0 bridgehead atoms. The van der Waals surface area contributed by atoms with Crippen LogP contribution in [0, 0.1) is 5.82 Å². The van der Waals surface area contributed by atoms with Crippen LogP contribution in [-0.2, 0) is 16.4 Å². The molecule has 124 valence electrons. The Balaban J connectivity index is 1.88. The van der Waals surface area contributed by atoms with E-state index < -0.39 is 9.84 Å². The second-order valence-corrected chi connectivity index (χ2v) is 8.07. The molecule has 0 saturated carbocycles. The smallest absolute Gasteiger partial charge is 0.151 e. The van der Waals surface area contributed by atoms with Gasteiger partial charge in [-0.3, -0.25) is 4.90 Å². The van der Waals surface area contributed by atoms with Gasteiger partial charge in [0.15, 0.2) is 9.84 Å². The summed E-state index contributed by atoms with van der Waals surface area (Å²) in [5.41, 5.74) is 1.62. The van der Waals surface area contributed by atoms with Crippen LogP contribution in [0.15, 0.2) is 36.7 Å². The molecule has 1 aliphatic rings. The number of benzene rings is 1. The number of halogens is 1. The predicted octanol–water partition coefficient (Wildman–Crippen LogP) is 2.02. The Morgan fingerprint density at radius 1 is 1.43 bits per heavy atom. The average molecular weight is 337 g/mol. The van der Waals surface area contributed by atoms with Gasteiger partial charge in [0, 0.05) is 25.0 Å². The third-order valence-electron chi connectivity index (χ3n) is 4.30. The van der Waals surface area contributed by atoms with Gasteiger partial charge in [-0.1, -0.05) is 6.92 Å². The Kier molecular flexibility index (Phi) is 4.50. The molecule has 0 radical (unpaired) electrons. The first-order chi connectivity index (χ1) is 11.0. The van der Waals surface area contributed by atoms with Gasteiger partial charge in [-0.25, -0.2) is 17.5 Å². The summed E-state index contributed by atoms with van der Waals surface area (Å²) in [4.78, 5) is 2.10. The highest BCUT2D eigenvalue weighted by atomic mass is 32.2. The molecule has 1 unspecified atom stereocenters. The van der Waals surface area contributed by atoms with Crippen LogP contribution in [0.3, 0.4) is 0 Å². The van der Waals surface area contributed by atoms with Crippen molar-refractivity contribution >= 4 is 9.84 Å². The lowest BCUT2D eigenvalue weighted by Gasteiger charge is -2.27. The van der Waals surface area contributed by atoms with Crippen molar-refractivity contribution in [1.29, 1.82) is 0 Å². The molecule has 1 aromatic heterocycles. The standard InChI is InChI=1S/C16H20FN3O2S/c1-2-19(15-6-9-23(21,22)12-15)11-13-10-14(17)4-5-16(13)20-8-3-7-18-20/h3-5,7-8,10,15H,2,6,9,11-12H2,1H3. The van der Waals surface area contributed by atoms with Gasteiger partial charge in [-0.2, -0.15) is 5.10 Å². The Morgan fingerprint density at radius 2 is 2.26 bits per heavy atom. The van der Waals surface area contributed by atoms with Gasteiger partial charge >= 0.3 is 0 Å². The molecule has 2 heterocycles. The van der Waals surface area contributed by atoms with Crippen molar-refractivity contribution in [3.8, 4) is 5.69 Å². The molecule has 23 heavy (non-hydrogen) atoms. The maximum absolute atomic E-state index is 13.7. The summed E-state index contributed by atoms with van der Waals surface area (Å²) in [7, 11) is -2.94. The SMILES string of the molecule is CCN(Cc1cc(F)ccc1-n1cccn1)C1CCS(=O)(=O)C1. The zero-order chi connectivity index (χ0) is 16.4. The topological polar surface area (TPSA) is 55.2 Å². The molecular formula is C16H20FN3O2S. The minimum atomic E-state index is -2.94. The van der Waals surface area contributed by atoms with Crippen LogP contribution in [0.1, 0.15) is 18.9 Å². The predicted molar refractivity (Wildman–Crippen MR) is 86.7 cm³/mol. The minimum Gasteiger partial charge on any atom is -0.295 e. The van der Waals surface area contributed by atoms with E-state index in [9.17, 15) is 12.8 Å². The van der Waals surface area contributed by atoms with E-state index >= 15 is 0 Å². The largest absolute Gasteiger partial charge is 0.295 e. The molecule has 0 amide bonds. The lowest BCUT2D eigenvalue weighted by Crippen LogP contribution is -2.35. The average Bonchev–Trinajstić information content (AvgIpc) is 3.14. The van der Waals surface area contributed by atoms with Crippen molar-refractivity contribution in [2.45, 2.75) is 25.9 Å². The molecule has 1 atom stereocenters. The normalized spacial score (nSPS) is 20.2. The van der Waals surface area contributed by atoms with Gasteiger partial charge < -0.3 is 0 Å². The summed E-state index contributed by atoms with van der Waals surface area (Å²) in [6.45, 7) is 3.22. The summed E-state index contributed by atoms with van der Waals surface area (Å²) in [6.07, 6.45) is 4.13. The molecular weight excluding hydrogens is 317 g/mol. The van der Waals surface area contributed by atoms with Crippen LogP contribution >= 0.6 is 0 Å². The highest BCUT2D eigenvalue weighted by molar-refractivity contribution is 7.91. The van der Waals surface area contributed by atoms with Crippen molar-refractivity contribution in [1.82, 2.24) is 14.7 Å². The van der Waals surface area contributed by atoms with Crippen molar-refractivity contribution < 1.29 is 12.8 Å². The summed E-state index contributed by atoms with van der Waals surface area (Å²) >= 11 is 0. The van der Waals surface area contributed by atoms with E-state index in [0.717, 1.165) is 17.8 Å². The first-order valence-corrected chi connectivity index (χ1v) is 9.53. The first kappa shape index (κ1) is 16.1. The molecule has 0 spiro atoms. The quantitative estimate of drug-likeness (QED) is 0.838. The first-order valence-electron chi connectivity index (χ1n) is 7.71. The molecule has 1 aromatic carbocycles. The number of rotatable bonds is 5. The van der Waals surface area contributed by atoms with Crippen LogP contribution in [0.5, 0.6) is 0 Å². The van der Waals surface area contributed by atoms with Gasteiger partial charge in [0.05, 0.1) is 17.2 Å². The number of hydrogen-bond donors (Lipinski definition) is 0. The van der Waals surface area contributed by atoms with Crippen LogP contribution < -0.4 is 0 Å². The van der Waals surface area contributed by atoms with E-state index in [4.69, 9.17) is 0 Å². The van der Waals surface area contributed by atoms with E-state index in [0.29, 0.717) is 13.0 Å². The fourth-order valence-corrected chi connectivity index (χ4v) is 4.86. The van der Waals surface area contributed by atoms with Crippen LogP contribution in [0.4, 0.5) is 4.39 Å². The third-order valence-corrected chi connectivity index (χ3v) is 6.05. The number of sulfone groups is 1. The minimum absolute atomic E-state index is 0.00117. The van der Waals surface area contributed by atoms with Crippen LogP contribution in [0.2, 0.25) is 0 Å². The molecule has 1 aliphatic heterocycles. The fourth-order valence-electron chi connectivity index (χ4n) is 3.10. The summed E-state index contributed by atoms with van der Waals surface area (Å²) in [5.74, 6) is 0.127. The lowest BCUT2D eigenvalue weighted by molar-refractivity contribution is 0.214. The molecule has 1 saturated heterocycles. The van der Waals surface area contributed by atoms with Crippen molar-refractivity contribution in [2.24, 2.45) is 0 Å². The third kappa shape index (κ3) is 3.61. The van der Waals surface area contributed by atoms with Gasteiger partial charge in [0.2, 0.25) is 0 Å². The fraction of sp³-hybridized carbons (Fsp3) is 0.438. The van der Waals surface area contributed by atoms with Crippen LogP contribution in [-0.4, -0.2) is 47.2 Å². The lowest BCUT2D eigenvalue weighted by atomic mass is 10.1. The number of hydrogen-bond acceptors (Lipinski definition) is 4. The van der Waals surface area contributed by atoms with Gasteiger partial charge in [0.25, 0.3) is 0 Å². The second-order valence-electron chi connectivity index (χ2n) is 5.84. The molecule has 2 aromatic rings. The Labute approximate surface area is 135 Å². The molecule has 1 fully saturated rings. The maximum atomic E-state index is 13.7. The van der Waals surface area contributed by atoms with Crippen molar-refractivity contribution in [2.75, 3.05) is 18.1 Å². The van der Waals surface area contributed by atoms with Crippen molar-refractivity contribution in [3.63, 3.8) is 0 Å². The number of aromatic nitrogens is 2. The highest BCUT2D eigenvalue weighted by Crippen LogP contribution is 2.23. The van der Waals surface area contributed by atoms with Gasteiger partial charge in [0.1, 0.15) is 5.82 Å². The molecule has 7 heteroatoms. The van der Waals surface area contributed by atoms with E-state index in [1.165, 1.54) is 12.1 Å². The van der Waals surface area contributed by atoms with E-state index in [-0.39, 0.29) is 23.4 Å². The monoisotopic (exact) mass is 337 g/mol. The zero-order valence-corrected chi connectivity index (χ0v) is 13.8. The van der Waals surface area contributed by atoms with Crippen LogP contribution in [0.25, 0.3) is 5.69 Å². The highest BCUT2D eigenvalue weighted by Gasteiger charge is 2.31. The van der Waals surface area contributed by atoms with Gasteiger partial charge in [-0.05, 0) is 42.8 Å². The van der Waals surface area contributed by atoms with E-state index in [1.54, 1.807) is 16.9 Å². The second kappa shape index (κ2) is 6.41. The van der Waals surface area contributed by atoms with E-state index in [2.05, 4.69) is 10.00 Å².